The van der Waals surface area contributed by atoms with Crippen LogP contribution in [-0.2, 0) is 13.5 Å². The fourth-order valence-corrected chi connectivity index (χ4v) is 2.23. The van der Waals surface area contributed by atoms with Crippen LogP contribution in [0.5, 0.6) is 5.75 Å². The number of aryl methyl sites for hydroxylation is 1. The minimum Gasteiger partial charge on any atom is -0.493 e. The summed E-state index contributed by atoms with van der Waals surface area (Å²) in [5.74, 6) is 1.96. The molecule has 0 fully saturated rings. The van der Waals surface area contributed by atoms with Crippen LogP contribution in [0.1, 0.15) is 37.7 Å². The van der Waals surface area contributed by atoms with Crippen LogP contribution in [-0.4, -0.2) is 22.7 Å². The molecule has 1 aromatic heterocycles. The summed E-state index contributed by atoms with van der Waals surface area (Å²) >= 11 is 0. The standard InChI is InChI=1S/C17H25N3O/c1-4-10-18-14(2)15-5-7-16(8-6-15)21-13-9-17-19-11-12-20(17)3/h5-8,11-12,14,18H,4,9-10,13H2,1-3H3. The molecule has 1 unspecified atom stereocenters. The van der Waals surface area contributed by atoms with E-state index in [-0.39, 0.29) is 0 Å². The molecule has 0 bridgehead atoms. The summed E-state index contributed by atoms with van der Waals surface area (Å²) in [5.41, 5.74) is 1.29. The Morgan fingerprint density at radius 2 is 2.05 bits per heavy atom. The highest BCUT2D eigenvalue weighted by atomic mass is 16.5. The van der Waals surface area contributed by atoms with Gasteiger partial charge in [-0.05, 0) is 37.6 Å². The van der Waals surface area contributed by atoms with E-state index in [1.165, 1.54) is 5.56 Å². The van der Waals surface area contributed by atoms with Crippen molar-refractivity contribution in [3.8, 4) is 5.75 Å². The lowest BCUT2D eigenvalue weighted by Gasteiger charge is -2.14. The zero-order valence-corrected chi connectivity index (χ0v) is 13.2. The Labute approximate surface area is 127 Å². The number of hydrogen-bond acceptors (Lipinski definition) is 3. The number of nitrogens with one attached hydrogen (secondary N) is 1. The van der Waals surface area contributed by atoms with Gasteiger partial charge in [-0.2, -0.15) is 0 Å². The molecule has 1 atom stereocenters. The van der Waals surface area contributed by atoms with Gasteiger partial charge in [0, 0.05) is 31.9 Å². The van der Waals surface area contributed by atoms with Crippen LogP contribution in [0.3, 0.4) is 0 Å². The molecular formula is C17H25N3O. The van der Waals surface area contributed by atoms with E-state index in [0.717, 1.165) is 31.0 Å². The first-order valence-corrected chi connectivity index (χ1v) is 7.63. The Bertz CT molecular complexity index is 533. The highest BCUT2D eigenvalue weighted by molar-refractivity contribution is 5.29. The van der Waals surface area contributed by atoms with E-state index in [1.807, 2.05) is 36.1 Å². The van der Waals surface area contributed by atoms with Crippen LogP contribution in [0.25, 0.3) is 0 Å². The third-order valence-corrected chi connectivity index (χ3v) is 3.60. The van der Waals surface area contributed by atoms with Crippen LogP contribution in [0, 0.1) is 0 Å². The van der Waals surface area contributed by atoms with E-state index in [9.17, 15) is 0 Å². The lowest BCUT2D eigenvalue weighted by Crippen LogP contribution is -2.19. The van der Waals surface area contributed by atoms with Crippen molar-refractivity contribution in [1.29, 1.82) is 0 Å². The monoisotopic (exact) mass is 287 g/mol. The molecule has 4 nitrogen and oxygen atoms in total. The first-order chi connectivity index (χ1) is 10.2. The second kappa shape index (κ2) is 7.84. The minimum absolute atomic E-state index is 0.381. The summed E-state index contributed by atoms with van der Waals surface area (Å²) in [5, 5.41) is 3.48. The van der Waals surface area contributed by atoms with E-state index in [2.05, 4.69) is 36.3 Å². The highest BCUT2D eigenvalue weighted by Gasteiger charge is 2.04. The molecule has 0 aliphatic rings. The third-order valence-electron chi connectivity index (χ3n) is 3.60. The molecule has 2 rings (SSSR count). The molecule has 1 aromatic carbocycles. The van der Waals surface area contributed by atoms with Crippen molar-refractivity contribution in [1.82, 2.24) is 14.9 Å². The maximum Gasteiger partial charge on any atom is 0.119 e. The first kappa shape index (κ1) is 15.6. The molecule has 0 aliphatic heterocycles. The lowest BCUT2D eigenvalue weighted by molar-refractivity contribution is 0.317. The molecule has 0 saturated heterocycles. The number of rotatable bonds is 8. The van der Waals surface area contributed by atoms with Gasteiger partial charge in [-0.15, -0.1) is 0 Å². The predicted molar refractivity (Wildman–Crippen MR) is 85.6 cm³/mol. The summed E-state index contributed by atoms with van der Waals surface area (Å²) in [6.45, 7) is 6.06. The molecule has 0 aliphatic carbocycles. The lowest BCUT2D eigenvalue weighted by atomic mass is 10.1. The quantitative estimate of drug-likeness (QED) is 0.811. The minimum atomic E-state index is 0.381. The zero-order chi connectivity index (χ0) is 15.1. The van der Waals surface area contributed by atoms with Gasteiger partial charge < -0.3 is 14.6 Å². The van der Waals surface area contributed by atoms with Gasteiger partial charge >= 0.3 is 0 Å². The largest absolute Gasteiger partial charge is 0.493 e. The topological polar surface area (TPSA) is 39.1 Å². The normalized spacial score (nSPS) is 12.3. The summed E-state index contributed by atoms with van der Waals surface area (Å²) in [7, 11) is 2.00. The first-order valence-electron chi connectivity index (χ1n) is 7.63. The molecular weight excluding hydrogens is 262 g/mol. The number of nitrogens with zero attached hydrogens (tertiary/aromatic N) is 2. The van der Waals surface area contributed by atoms with Crippen molar-refractivity contribution in [2.24, 2.45) is 7.05 Å². The van der Waals surface area contributed by atoms with Crippen LogP contribution in [0.2, 0.25) is 0 Å². The maximum atomic E-state index is 5.78. The Hall–Kier alpha value is -1.81. The van der Waals surface area contributed by atoms with E-state index >= 15 is 0 Å². The molecule has 1 N–H and O–H groups in total. The Morgan fingerprint density at radius 1 is 1.29 bits per heavy atom. The molecule has 0 saturated carbocycles. The van der Waals surface area contributed by atoms with Gasteiger partial charge in [0.15, 0.2) is 0 Å². The Balaban J connectivity index is 1.81. The second-order valence-corrected chi connectivity index (χ2v) is 5.30. The van der Waals surface area contributed by atoms with Gasteiger partial charge in [0.2, 0.25) is 0 Å². The molecule has 0 amide bonds. The van der Waals surface area contributed by atoms with Gasteiger partial charge in [-0.1, -0.05) is 19.1 Å². The van der Waals surface area contributed by atoms with Crippen molar-refractivity contribution in [2.45, 2.75) is 32.7 Å². The maximum absolute atomic E-state index is 5.78. The van der Waals surface area contributed by atoms with E-state index in [4.69, 9.17) is 4.74 Å². The Kier molecular flexibility index (Phi) is 5.81. The molecule has 4 heteroatoms. The fraction of sp³-hybridized carbons (Fsp3) is 0.471. The predicted octanol–water partition coefficient (Wildman–Crippen LogP) is 3.10. The molecule has 1 heterocycles. The van der Waals surface area contributed by atoms with E-state index < -0.39 is 0 Å². The van der Waals surface area contributed by atoms with Crippen molar-refractivity contribution >= 4 is 0 Å². The highest BCUT2D eigenvalue weighted by Crippen LogP contribution is 2.17. The van der Waals surface area contributed by atoms with Crippen LogP contribution in [0.4, 0.5) is 0 Å². The number of imidazole rings is 1. The van der Waals surface area contributed by atoms with Gasteiger partial charge in [-0.25, -0.2) is 4.98 Å². The SMILES string of the molecule is CCCNC(C)c1ccc(OCCc2nccn2C)cc1. The van der Waals surface area contributed by atoms with Crippen molar-refractivity contribution in [3.05, 3.63) is 48.0 Å². The number of hydrogen-bond donors (Lipinski definition) is 1. The Morgan fingerprint density at radius 3 is 2.67 bits per heavy atom. The average molecular weight is 287 g/mol. The van der Waals surface area contributed by atoms with Crippen LogP contribution in [0.15, 0.2) is 36.7 Å². The molecule has 21 heavy (non-hydrogen) atoms. The third kappa shape index (κ3) is 4.60. The summed E-state index contributed by atoms with van der Waals surface area (Å²) < 4.78 is 7.80. The molecule has 0 spiro atoms. The van der Waals surface area contributed by atoms with Gasteiger partial charge in [0.1, 0.15) is 11.6 Å². The zero-order valence-electron chi connectivity index (χ0n) is 13.2. The van der Waals surface area contributed by atoms with Gasteiger partial charge in [0.25, 0.3) is 0 Å². The van der Waals surface area contributed by atoms with E-state index in [0.29, 0.717) is 12.6 Å². The molecule has 114 valence electrons. The second-order valence-electron chi connectivity index (χ2n) is 5.30. The number of benzene rings is 1. The average Bonchev–Trinajstić information content (AvgIpc) is 2.91. The molecule has 0 radical (unpaired) electrons. The number of aromatic nitrogens is 2. The summed E-state index contributed by atoms with van der Waals surface area (Å²) in [6.07, 6.45) is 5.74. The van der Waals surface area contributed by atoms with Crippen molar-refractivity contribution in [2.75, 3.05) is 13.2 Å². The number of ether oxygens (including phenoxy) is 1. The van der Waals surface area contributed by atoms with Crippen molar-refractivity contribution < 1.29 is 4.74 Å². The van der Waals surface area contributed by atoms with Gasteiger partial charge in [0.05, 0.1) is 6.61 Å². The summed E-state index contributed by atoms with van der Waals surface area (Å²) in [6, 6.07) is 8.72. The smallest absolute Gasteiger partial charge is 0.119 e. The van der Waals surface area contributed by atoms with Crippen LogP contribution < -0.4 is 10.1 Å². The molecule has 2 aromatic rings. The van der Waals surface area contributed by atoms with E-state index in [1.54, 1.807) is 0 Å². The van der Waals surface area contributed by atoms with Gasteiger partial charge in [-0.3, -0.25) is 0 Å². The summed E-state index contributed by atoms with van der Waals surface area (Å²) in [4.78, 5) is 4.29. The fourth-order valence-electron chi connectivity index (χ4n) is 2.23. The van der Waals surface area contributed by atoms with Crippen LogP contribution >= 0.6 is 0 Å². The van der Waals surface area contributed by atoms with Crippen molar-refractivity contribution in [3.63, 3.8) is 0 Å².